The Kier molecular flexibility index (Phi) is 15.9. The van der Waals surface area contributed by atoms with Gasteiger partial charge in [0.15, 0.2) is 13.2 Å². The Balaban J connectivity index is 0.000000203. The van der Waals surface area contributed by atoms with Crippen molar-refractivity contribution in [2.75, 3.05) is 20.3 Å². The molecule has 6 aromatic carbocycles. The number of phenolic OH excluding ortho intramolecular Hbond substituents is 2. The second-order valence-electron chi connectivity index (χ2n) is 15.3. The smallest absolute Gasteiger partial charge is 0.310 e. The van der Waals surface area contributed by atoms with Crippen LogP contribution < -0.4 is 24.8 Å². The zero-order chi connectivity index (χ0) is 48.2. The molecule has 0 saturated heterocycles. The quantitative estimate of drug-likeness (QED) is 0.0620. The monoisotopic (exact) mass is 952 g/mol. The third-order valence-corrected chi connectivity index (χ3v) is 11.6. The summed E-state index contributed by atoms with van der Waals surface area (Å²) in [5.41, 5.74) is 3.29. The van der Waals surface area contributed by atoms with Gasteiger partial charge in [-0.05, 0) is 95.9 Å². The highest BCUT2D eigenvalue weighted by atomic mass is 35.5. The maximum Gasteiger partial charge on any atom is 0.310 e. The third-order valence-electron chi connectivity index (χ3n) is 10.9. The highest BCUT2D eigenvalue weighted by Gasteiger charge is 2.27. The number of aromatic hydroxyl groups is 2. The molecule has 3 atom stereocenters. The van der Waals surface area contributed by atoms with Crippen LogP contribution >= 0.6 is 23.2 Å². The molecule has 346 valence electrons. The lowest BCUT2D eigenvalue weighted by Crippen LogP contribution is -2.33. The molecule has 15 heteroatoms. The zero-order valence-electron chi connectivity index (χ0n) is 36.8. The minimum atomic E-state index is -0.938. The fraction of sp³-hybridized carbons (Fsp3) is 0.151. The maximum atomic E-state index is 13.0. The Hall–Kier alpha value is -7.87. The second kappa shape index (κ2) is 22.6. The summed E-state index contributed by atoms with van der Waals surface area (Å²) in [6.45, 7) is 1.35. The van der Waals surface area contributed by atoms with Crippen LogP contribution in [0.3, 0.4) is 0 Å². The van der Waals surface area contributed by atoms with Gasteiger partial charge in [0.25, 0.3) is 11.8 Å². The Morgan fingerprint density at radius 1 is 0.574 bits per heavy atom. The first-order valence-electron chi connectivity index (χ1n) is 21.4. The molecular formula is C53H46Cl2N4O9. The van der Waals surface area contributed by atoms with Crippen molar-refractivity contribution >= 4 is 62.8 Å². The van der Waals surface area contributed by atoms with Gasteiger partial charge in [-0.2, -0.15) is 0 Å². The van der Waals surface area contributed by atoms with E-state index < -0.39 is 29.9 Å². The average molecular weight is 954 g/mol. The van der Waals surface area contributed by atoms with Crippen molar-refractivity contribution in [3.05, 3.63) is 196 Å². The van der Waals surface area contributed by atoms with Crippen molar-refractivity contribution in [3.63, 3.8) is 0 Å². The summed E-state index contributed by atoms with van der Waals surface area (Å²) in [6, 6.07) is 40.9. The van der Waals surface area contributed by atoms with Crippen LogP contribution in [0.5, 0.6) is 28.7 Å². The minimum absolute atomic E-state index is 0.0536. The number of aliphatic carboxylic acids is 1. The van der Waals surface area contributed by atoms with Gasteiger partial charge in [0.05, 0.1) is 35.2 Å². The van der Waals surface area contributed by atoms with Gasteiger partial charge in [0, 0.05) is 34.3 Å². The number of fused-ring (bicyclic) bond motifs is 2. The van der Waals surface area contributed by atoms with Crippen LogP contribution in [0, 0.1) is 0 Å². The van der Waals surface area contributed by atoms with E-state index in [4.69, 9.17) is 37.4 Å². The predicted molar refractivity (Wildman–Crippen MR) is 261 cm³/mol. The van der Waals surface area contributed by atoms with Crippen LogP contribution in [-0.2, 0) is 14.4 Å². The minimum Gasteiger partial charge on any atom is -0.505 e. The van der Waals surface area contributed by atoms with Crippen molar-refractivity contribution < 1.29 is 43.9 Å². The van der Waals surface area contributed by atoms with Crippen LogP contribution in [0.1, 0.15) is 59.2 Å². The number of benzene rings is 6. The number of aromatic nitrogens is 2. The lowest BCUT2D eigenvalue weighted by Gasteiger charge is -2.23. The number of amides is 2. The molecule has 0 aliphatic rings. The molecule has 5 N–H and O–H groups in total. The van der Waals surface area contributed by atoms with Gasteiger partial charge < -0.3 is 40.2 Å². The summed E-state index contributed by atoms with van der Waals surface area (Å²) in [5, 5.41) is 39.6. The number of carboxylic acids is 1. The molecule has 0 fully saturated rings. The SMILES string of the molecule is CCC(C(=O)O)c1cccc(C(NC(=O)COc2ccccc2)c2cc(Cl)c3cccnc3c2O)c1.COc1cccc(C(NC(=O)COc2ccccc2)c2cc(Cl)c3cccnc3c2O)c1. The van der Waals surface area contributed by atoms with E-state index in [0.29, 0.717) is 83.3 Å². The molecule has 0 bridgehead atoms. The third kappa shape index (κ3) is 11.6. The van der Waals surface area contributed by atoms with Crippen molar-refractivity contribution in [2.24, 2.45) is 0 Å². The molecule has 3 unspecified atom stereocenters. The number of nitrogens with one attached hydrogen (secondary N) is 2. The lowest BCUT2D eigenvalue weighted by atomic mass is 9.90. The van der Waals surface area contributed by atoms with Crippen molar-refractivity contribution in [1.29, 1.82) is 0 Å². The van der Waals surface area contributed by atoms with Crippen LogP contribution in [0.4, 0.5) is 0 Å². The Morgan fingerprint density at radius 2 is 1.01 bits per heavy atom. The number of carboxylic acid groups (broad SMARTS) is 1. The molecule has 13 nitrogen and oxygen atoms in total. The van der Waals surface area contributed by atoms with Crippen LogP contribution in [0.25, 0.3) is 21.8 Å². The normalized spacial score (nSPS) is 12.2. The summed E-state index contributed by atoms with van der Waals surface area (Å²) in [5.74, 6) is -0.880. The number of pyridine rings is 2. The predicted octanol–water partition coefficient (Wildman–Crippen LogP) is 10.3. The zero-order valence-corrected chi connectivity index (χ0v) is 38.3. The Morgan fingerprint density at radius 3 is 1.47 bits per heavy atom. The first kappa shape index (κ1) is 48.1. The number of para-hydroxylation sites is 2. The van der Waals surface area contributed by atoms with E-state index in [2.05, 4.69) is 20.6 Å². The fourth-order valence-electron chi connectivity index (χ4n) is 7.60. The van der Waals surface area contributed by atoms with Crippen LogP contribution in [0.15, 0.2) is 158 Å². The van der Waals surface area contributed by atoms with Crippen molar-refractivity contribution in [2.45, 2.75) is 31.3 Å². The molecule has 2 amide bonds. The molecule has 0 aliphatic carbocycles. The van der Waals surface area contributed by atoms with Crippen LogP contribution in [-0.4, -0.2) is 63.4 Å². The van der Waals surface area contributed by atoms with Gasteiger partial charge in [0.2, 0.25) is 0 Å². The topological polar surface area (TPSA) is 189 Å². The highest BCUT2D eigenvalue weighted by molar-refractivity contribution is 6.36. The number of rotatable bonds is 16. The van der Waals surface area contributed by atoms with Gasteiger partial charge in [-0.1, -0.05) is 103 Å². The van der Waals surface area contributed by atoms with E-state index in [1.807, 2.05) is 36.4 Å². The number of hydrogen-bond acceptors (Lipinski definition) is 10. The molecule has 8 rings (SSSR count). The number of nitrogens with zero attached hydrogens (tertiary/aromatic N) is 2. The van der Waals surface area contributed by atoms with E-state index in [9.17, 15) is 29.7 Å². The largest absolute Gasteiger partial charge is 0.505 e. The standard InChI is InChI=1S/C28H25ClN2O5.C25H21ClN2O4/c1-2-20(28(34)35)17-8-6-9-18(14-17)25(31-24(32)16-36-19-10-4-3-5-11-19)22-15-23(29)21-12-7-13-30-26(21)27(22)33;1-31-18-10-5-7-16(13-18)23(28-22(29)15-32-17-8-3-2-4-9-17)20-14-21(26)19-11-6-12-27-24(19)25(20)30/h3-15,20,25,33H,2,16H2,1H3,(H,31,32)(H,34,35);2-14,23,30H,15H2,1H3,(H,28,29). The fourth-order valence-corrected chi connectivity index (χ4v) is 8.14. The van der Waals surface area contributed by atoms with Gasteiger partial charge in [0.1, 0.15) is 39.8 Å². The molecular weight excluding hydrogens is 908 g/mol. The summed E-state index contributed by atoms with van der Waals surface area (Å²) in [4.78, 5) is 46.1. The number of methoxy groups -OCH3 is 1. The maximum absolute atomic E-state index is 13.0. The van der Waals surface area contributed by atoms with Gasteiger partial charge in [-0.25, -0.2) is 0 Å². The molecule has 2 aromatic heterocycles. The number of carbonyl (C=O) groups excluding carboxylic acids is 2. The Labute approximate surface area is 401 Å². The average Bonchev–Trinajstić information content (AvgIpc) is 3.37. The first-order chi connectivity index (χ1) is 32.9. The number of ether oxygens (including phenoxy) is 3. The Bertz CT molecular complexity index is 3050. The first-order valence-corrected chi connectivity index (χ1v) is 22.1. The van der Waals surface area contributed by atoms with E-state index in [1.54, 1.807) is 136 Å². The van der Waals surface area contributed by atoms with E-state index in [0.717, 1.165) is 0 Å². The van der Waals surface area contributed by atoms with Gasteiger partial charge >= 0.3 is 5.97 Å². The molecule has 0 saturated carbocycles. The molecule has 0 radical (unpaired) electrons. The molecule has 8 aromatic rings. The summed E-state index contributed by atoms with van der Waals surface area (Å²) in [6.07, 6.45) is 3.52. The van der Waals surface area contributed by atoms with Gasteiger partial charge in [-0.15, -0.1) is 0 Å². The molecule has 0 aliphatic heterocycles. The molecule has 0 spiro atoms. The van der Waals surface area contributed by atoms with E-state index >= 15 is 0 Å². The molecule has 2 heterocycles. The summed E-state index contributed by atoms with van der Waals surface area (Å²) >= 11 is 13.0. The van der Waals surface area contributed by atoms with Crippen molar-refractivity contribution in [1.82, 2.24) is 20.6 Å². The van der Waals surface area contributed by atoms with E-state index in [1.165, 1.54) is 0 Å². The number of phenols is 2. The van der Waals surface area contributed by atoms with Gasteiger partial charge in [-0.3, -0.25) is 24.4 Å². The highest BCUT2D eigenvalue weighted by Crippen LogP contribution is 2.40. The summed E-state index contributed by atoms with van der Waals surface area (Å²) < 4.78 is 16.5. The summed E-state index contributed by atoms with van der Waals surface area (Å²) in [7, 11) is 1.56. The van der Waals surface area contributed by atoms with Crippen molar-refractivity contribution in [3.8, 4) is 28.7 Å². The van der Waals surface area contributed by atoms with Crippen LogP contribution in [0.2, 0.25) is 10.0 Å². The second-order valence-corrected chi connectivity index (χ2v) is 16.2. The van der Waals surface area contributed by atoms with E-state index in [-0.39, 0.29) is 30.6 Å². The number of carbonyl (C=O) groups is 3. The molecule has 68 heavy (non-hydrogen) atoms. The number of halogens is 2. The lowest BCUT2D eigenvalue weighted by molar-refractivity contribution is -0.139. The number of hydrogen-bond donors (Lipinski definition) is 5.